The number of carboxylic acids is 1. The summed E-state index contributed by atoms with van der Waals surface area (Å²) in [6.45, 7) is 4.79. The molecule has 4 rings (SSSR count). The number of ether oxygens (including phenoxy) is 1. The van der Waals surface area contributed by atoms with Crippen LogP contribution in [0.5, 0.6) is 0 Å². The third-order valence-corrected chi connectivity index (χ3v) is 5.31. The number of nitrogens with one attached hydrogen (secondary N) is 1. The lowest BCUT2D eigenvalue weighted by atomic mass is 9.71. The van der Waals surface area contributed by atoms with E-state index in [1.54, 1.807) is 0 Å². The van der Waals surface area contributed by atoms with Gasteiger partial charge in [0.1, 0.15) is 10.8 Å². The Morgan fingerprint density at radius 3 is 2.82 bits per heavy atom. The van der Waals surface area contributed by atoms with E-state index in [1.165, 1.54) is 11.5 Å². The molecular formula is C14H19N3O4S. The second-order valence-corrected chi connectivity index (χ2v) is 7.09. The lowest BCUT2D eigenvalue weighted by Gasteiger charge is -2.50. The zero-order chi connectivity index (χ0) is 15.9. The molecule has 0 radical (unpaired) electrons. The van der Waals surface area contributed by atoms with Gasteiger partial charge in [0, 0.05) is 18.9 Å². The lowest BCUT2D eigenvalue weighted by molar-refractivity contribution is -0.189. The van der Waals surface area contributed by atoms with Crippen molar-refractivity contribution in [3.63, 3.8) is 0 Å². The number of hydrogen-bond donors (Lipinski definition) is 2. The van der Waals surface area contributed by atoms with Crippen molar-refractivity contribution >= 4 is 23.5 Å². The summed E-state index contributed by atoms with van der Waals surface area (Å²) in [6.07, 6.45) is 2.37. The van der Waals surface area contributed by atoms with E-state index in [9.17, 15) is 9.59 Å². The molecule has 0 spiro atoms. The quantitative estimate of drug-likeness (QED) is 0.641. The number of piperidine rings is 2. The number of esters is 1. The number of aromatic nitrogens is 2. The molecule has 2 aliphatic heterocycles. The molecule has 1 aromatic rings. The minimum atomic E-state index is -1.57. The van der Waals surface area contributed by atoms with Crippen LogP contribution in [-0.4, -0.2) is 38.7 Å². The number of aliphatic carboxylic acids is 1. The van der Waals surface area contributed by atoms with Gasteiger partial charge in [0.05, 0.1) is 5.92 Å². The average molecular weight is 325 g/mol. The van der Waals surface area contributed by atoms with Crippen LogP contribution < -0.4 is 5.32 Å². The number of carbonyl (C=O) groups excluding carboxylic acids is 1. The maximum absolute atomic E-state index is 11.6. The highest BCUT2D eigenvalue weighted by Gasteiger charge is 2.53. The minimum Gasteiger partial charge on any atom is -0.473 e. The number of carboxylic acid groups (broad SMARTS) is 1. The second-order valence-electron chi connectivity index (χ2n) is 6.30. The molecule has 120 valence electrons. The minimum absolute atomic E-state index is 0.131. The van der Waals surface area contributed by atoms with E-state index in [1.807, 2.05) is 13.8 Å². The third-order valence-electron chi connectivity index (χ3n) is 4.47. The van der Waals surface area contributed by atoms with E-state index in [-0.39, 0.29) is 11.8 Å². The fourth-order valence-corrected chi connectivity index (χ4v) is 4.23. The van der Waals surface area contributed by atoms with Gasteiger partial charge in [0.15, 0.2) is 5.72 Å². The van der Waals surface area contributed by atoms with Crippen molar-refractivity contribution in [3.05, 3.63) is 10.8 Å². The van der Waals surface area contributed by atoms with Gasteiger partial charge in [0.25, 0.3) is 0 Å². The van der Waals surface area contributed by atoms with Crippen LogP contribution in [0.1, 0.15) is 55.8 Å². The summed E-state index contributed by atoms with van der Waals surface area (Å²) in [7, 11) is 0. The van der Waals surface area contributed by atoms with Crippen molar-refractivity contribution < 1.29 is 19.4 Å². The van der Waals surface area contributed by atoms with Crippen LogP contribution in [-0.2, 0) is 14.3 Å². The molecule has 22 heavy (non-hydrogen) atoms. The Bertz CT molecular complexity index is 593. The van der Waals surface area contributed by atoms with Crippen LogP contribution in [0.3, 0.4) is 0 Å². The van der Waals surface area contributed by atoms with Gasteiger partial charge in [-0.05, 0) is 30.3 Å². The van der Waals surface area contributed by atoms with Gasteiger partial charge < -0.3 is 9.84 Å². The Labute approximate surface area is 132 Å². The summed E-state index contributed by atoms with van der Waals surface area (Å²) in [4.78, 5) is 27.0. The molecule has 2 N–H and O–H groups in total. The SMILES string of the molecule is CC(C)c1nsc(C2CC3CCC2(OC(=O)C(=O)O)NC3)n1. The number of carbonyl (C=O) groups is 2. The Hall–Kier alpha value is -1.54. The first-order chi connectivity index (χ1) is 10.4. The Kier molecular flexibility index (Phi) is 3.90. The molecule has 1 saturated carbocycles. The predicted molar refractivity (Wildman–Crippen MR) is 78.5 cm³/mol. The Balaban J connectivity index is 1.90. The molecule has 2 bridgehead atoms. The molecule has 0 aromatic carbocycles. The van der Waals surface area contributed by atoms with E-state index in [0.717, 1.165) is 30.2 Å². The van der Waals surface area contributed by atoms with Gasteiger partial charge in [-0.2, -0.15) is 4.37 Å². The monoisotopic (exact) mass is 325 g/mol. The largest absolute Gasteiger partial charge is 0.473 e. The first-order valence-corrected chi connectivity index (χ1v) is 8.23. The van der Waals surface area contributed by atoms with E-state index >= 15 is 0 Å². The first-order valence-electron chi connectivity index (χ1n) is 7.46. The number of fused-ring (bicyclic) bond motifs is 3. The molecule has 3 unspecified atom stereocenters. The van der Waals surface area contributed by atoms with Crippen LogP contribution in [0.4, 0.5) is 0 Å². The average Bonchev–Trinajstić information content (AvgIpc) is 2.97. The van der Waals surface area contributed by atoms with Crippen molar-refractivity contribution in [1.29, 1.82) is 0 Å². The van der Waals surface area contributed by atoms with Crippen LogP contribution in [0, 0.1) is 5.92 Å². The van der Waals surface area contributed by atoms with Crippen LogP contribution in [0.2, 0.25) is 0 Å². The van der Waals surface area contributed by atoms with E-state index < -0.39 is 17.7 Å². The van der Waals surface area contributed by atoms with Crippen LogP contribution >= 0.6 is 11.5 Å². The van der Waals surface area contributed by atoms with Crippen molar-refractivity contribution in [2.75, 3.05) is 6.54 Å². The van der Waals surface area contributed by atoms with Gasteiger partial charge in [-0.3, -0.25) is 5.32 Å². The van der Waals surface area contributed by atoms with Crippen LogP contribution in [0.25, 0.3) is 0 Å². The first kappa shape index (κ1) is 15.4. The van der Waals surface area contributed by atoms with Gasteiger partial charge in [0.2, 0.25) is 0 Å². The molecule has 1 aromatic heterocycles. The highest BCUT2D eigenvalue weighted by molar-refractivity contribution is 7.05. The molecule has 8 heteroatoms. The fraction of sp³-hybridized carbons (Fsp3) is 0.714. The molecule has 3 heterocycles. The molecule has 1 aliphatic carbocycles. The predicted octanol–water partition coefficient (Wildman–Crippen LogP) is 1.47. The second kappa shape index (κ2) is 5.58. The van der Waals surface area contributed by atoms with E-state index in [2.05, 4.69) is 14.7 Å². The van der Waals surface area contributed by atoms with Crippen molar-refractivity contribution in [1.82, 2.24) is 14.7 Å². The Morgan fingerprint density at radius 1 is 1.50 bits per heavy atom. The van der Waals surface area contributed by atoms with Crippen molar-refractivity contribution in [2.45, 2.75) is 50.7 Å². The van der Waals surface area contributed by atoms with Gasteiger partial charge in [-0.1, -0.05) is 13.8 Å². The third kappa shape index (κ3) is 2.61. The lowest BCUT2D eigenvalue weighted by Crippen LogP contribution is -2.62. The number of hydrogen-bond acceptors (Lipinski definition) is 7. The molecule has 7 nitrogen and oxygen atoms in total. The van der Waals surface area contributed by atoms with Gasteiger partial charge in [-0.15, -0.1) is 0 Å². The topological polar surface area (TPSA) is 101 Å². The smallest absolute Gasteiger partial charge is 0.419 e. The molecule has 2 saturated heterocycles. The molecule has 3 atom stereocenters. The summed E-state index contributed by atoms with van der Waals surface area (Å²) in [5.74, 6) is -1.40. The maximum atomic E-state index is 11.6. The zero-order valence-corrected chi connectivity index (χ0v) is 13.4. The maximum Gasteiger partial charge on any atom is 0.419 e. The van der Waals surface area contributed by atoms with Crippen molar-refractivity contribution in [2.24, 2.45) is 5.92 Å². The Morgan fingerprint density at radius 2 is 2.27 bits per heavy atom. The standard InChI is InChI=1S/C14H19N3O4S/c1-7(2)10-16-11(22-17-10)9-5-8-3-4-14(9,15-6-8)21-13(20)12(18)19/h7-9,15H,3-6H2,1-2H3,(H,18,19). The number of nitrogens with zero attached hydrogens (tertiary/aromatic N) is 2. The molecular weight excluding hydrogens is 306 g/mol. The van der Waals surface area contributed by atoms with Gasteiger partial charge in [-0.25, -0.2) is 14.6 Å². The molecule has 0 amide bonds. The number of rotatable bonds is 3. The van der Waals surface area contributed by atoms with E-state index in [4.69, 9.17) is 9.84 Å². The molecule has 3 fully saturated rings. The molecule has 3 aliphatic rings. The zero-order valence-electron chi connectivity index (χ0n) is 12.5. The summed E-state index contributed by atoms with van der Waals surface area (Å²) in [5.41, 5.74) is -0.960. The fourth-order valence-electron chi connectivity index (χ4n) is 3.24. The van der Waals surface area contributed by atoms with Crippen molar-refractivity contribution in [3.8, 4) is 0 Å². The summed E-state index contributed by atoms with van der Waals surface area (Å²) < 4.78 is 9.72. The highest BCUT2D eigenvalue weighted by Crippen LogP contribution is 2.48. The summed E-state index contributed by atoms with van der Waals surface area (Å²) in [6, 6.07) is 0. The van der Waals surface area contributed by atoms with Crippen LogP contribution in [0.15, 0.2) is 0 Å². The van der Waals surface area contributed by atoms with Gasteiger partial charge >= 0.3 is 11.9 Å². The van der Waals surface area contributed by atoms with E-state index in [0.29, 0.717) is 12.3 Å². The summed E-state index contributed by atoms with van der Waals surface area (Å²) in [5, 5.41) is 12.9. The highest BCUT2D eigenvalue weighted by atomic mass is 32.1. The normalized spacial score (nSPS) is 30.5. The summed E-state index contributed by atoms with van der Waals surface area (Å²) >= 11 is 1.32.